The van der Waals surface area contributed by atoms with E-state index in [0.29, 0.717) is 5.92 Å². The Bertz CT molecular complexity index is 604. The van der Waals surface area contributed by atoms with E-state index >= 15 is 4.39 Å². The highest BCUT2D eigenvalue weighted by Gasteiger charge is 2.36. The molecule has 0 bridgehead atoms. The van der Waals surface area contributed by atoms with Crippen LogP contribution in [0.4, 0.5) is 4.39 Å². The maximum atomic E-state index is 15.3. The van der Waals surface area contributed by atoms with Gasteiger partial charge in [-0.1, -0.05) is 45.2 Å². The largest absolute Gasteiger partial charge is 0.206 e. The molecule has 0 aromatic heterocycles. The summed E-state index contributed by atoms with van der Waals surface area (Å²) in [5.41, 5.74) is 3.43. The van der Waals surface area contributed by atoms with Gasteiger partial charge in [-0.05, 0) is 97.6 Å². The first-order chi connectivity index (χ1) is 12.2. The molecule has 5 unspecified atom stereocenters. The molecule has 2 fully saturated rings. The van der Waals surface area contributed by atoms with E-state index in [1.54, 1.807) is 0 Å². The van der Waals surface area contributed by atoms with Crippen LogP contribution < -0.4 is 0 Å². The molecule has 25 heavy (non-hydrogen) atoms. The average molecular weight is 343 g/mol. The molecule has 0 aliphatic heterocycles. The molecule has 0 nitrogen and oxygen atoms in total. The summed E-state index contributed by atoms with van der Waals surface area (Å²) in [6.07, 6.45) is 13.9. The Morgan fingerprint density at radius 3 is 2.44 bits per heavy atom. The maximum absolute atomic E-state index is 15.3. The van der Waals surface area contributed by atoms with Crippen LogP contribution in [0.15, 0.2) is 12.1 Å². The molecule has 2 saturated carbocycles. The Hall–Kier alpha value is -0.850. The van der Waals surface area contributed by atoms with Gasteiger partial charge in [-0.3, -0.25) is 0 Å². The summed E-state index contributed by atoms with van der Waals surface area (Å²) in [7, 11) is 0. The molecule has 1 heteroatoms. The molecule has 3 aliphatic carbocycles. The molecule has 0 heterocycles. The van der Waals surface area contributed by atoms with Crippen molar-refractivity contribution in [3.8, 4) is 0 Å². The Morgan fingerprint density at radius 2 is 1.64 bits per heavy atom. The number of rotatable bonds is 3. The van der Waals surface area contributed by atoms with Crippen LogP contribution in [-0.2, 0) is 12.8 Å². The highest BCUT2D eigenvalue weighted by Crippen LogP contribution is 2.49. The lowest BCUT2D eigenvalue weighted by molar-refractivity contribution is 0.115. The van der Waals surface area contributed by atoms with E-state index in [-0.39, 0.29) is 5.82 Å². The van der Waals surface area contributed by atoms with Crippen molar-refractivity contribution in [2.75, 3.05) is 0 Å². The van der Waals surface area contributed by atoms with E-state index in [9.17, 15) is 0 Å². The molecule has 5 atom stereocenters. The molecule has 3 aliphatic rings. The Balaban J connectivity index is 1.50. The number of fused-ring (bicyclic) bond motifs is 2. The minimum Gasteiger partial charge on any atom is -0.206 e. The van der Waals surface area contributed by atoms with Gasteiger partial charge in [0, 0.05) is 0 Å². The van der Waals surface area contributed by atoms with Crippen LogP contribution in [0.1, 0.15) is 94.2 Å². The van der Waals surface area contributed by atoms with Crippen molar-refractivity contribution < 1.29 is 4.39 Å². The Kier molecular flexibility index (Phi) is 5.20. The summed E-state index contributed by atoms with van der Waals surface area (Å²) in [5.74, 6) is 4.18. The maximum Gasteiger partial charge on any atom is 0.130 e. The second kappa shape index (κ2) is 7.41. The molecule has 1 aromatic rings. The molecule has 4 rings (SSSR count). The van der Waals surface area contributed by atoms with Crippen molar-refractivity contribution >= 4 is 0 Å². The number of benzene rings is 1. The van der Waals surface area contributed by atoms with Crippen molar-refractivity contribution in [2.24, 2.45) is 23.7 Å². The van der Waals surface area contributed by atoms with Gasteiger partial charge in [-0.15, -0.1) is 0 Å². The van der Waals surface area contributed by atoms with Crippen molar-refractivity contribution in [1.82, 2.24) is 0 Å². The van der Waals surface area contributed by atoms with Gasteiger partial charge in [-0.25, -0.2) is 4.39 Å². The highest BCUT2D eigenvalue weighted by atomic mass is 19.1. The van der Waals surface area contributed by atoms with Gasteiger partial charge in [0.15, 0.2) is 0 Å². The number of halogens is 1. The van der Waals surface area contributed by atoms with Crippen molar-refractivity contribution in [3.63, 3.8) is 0 Å². The first-order valence-electron chi connectivity index (χ1n) is 11.0. The molecular weight excluding hydrogens is 307 g/mol. The third kappa shape index (κ3) is 3.40. The molecule has 1 aromatic carbocycles. The first-order valence-corrected chi connectivity index (χ1v) is 11.0. The van der Waals surface area contributed by atoms with E-state index in [1.807, 2.05) is 0 Å². The molecule has 0 spiro atoms. The van der Waals surface area contributed by atoms with Gasteiger partial charge in [0.2, 0.25) is 0 Å². The summed E-state index contributed by atoms with van der Waals surface area (Å²) in [6, 6.07) is 4.44. The summed E-state index contributed by atoms with van der Waals surface area (Å²) >= 11 is 0. The molecule has 0 radical (unpaired) electrons. The van der Waals surface area contributed by atoms with Gasteiger partial charge in [0.05, 0.1) is 0 Å². The predicted octanol–water partition coefficient (Wildman–Crippen LogP) is 7.05. The van der Waals surface area contributed by atoms with E-state index in [1.165, 1.54) is 63.4 Å². The third-order valence-corrected chi connectivity index (χ3v) is 8.00. The van der Waals surface area contributed by atoms with Crippen molar-refractivity contribution in [1.29, 1.82) is 0 Å². The van der Waals surface area contributed by atoms with Gasteiger partial charge in [0.25, 0.3) is 0 Å². The van der Waals surface area contributed by atoms with Crippen LogP contribution in [0, 0.1) is 29.5 Å². The lowest BCUT2D eigenvalue weighted by atomic mass is 9.63. The normalized spacial score (nSPS) is 35.1. The fourth-order valence-corrected chi connectivity index (χ4v) is 6.21. The van der Waals surface area contributed by atoms with Crippen LogP contribution in [0.2, 0.25) is 0 Å². The van der Waals surface area contributed by atoms with Crippen molar-refractivity contribution in [2.45, 2.75) is 90.4 Å². The van der Waals surface area contributed by atoms with Gasteiger partial charge < -0.3 is 0 Å². The van der Waals surface area contributed by atoms with Crippen LogP contribution >= 0.6 is 0 Å². The summed E-state index contributed by atoms with van der Waals surface area (Å²) < 4.78 is 15.3. The molecule has 138 valence electrons. The van der Waals surface area contributed by atoms with Crippen molar-refractivity contribution in [3.05, 3.63) is 34.6 Å². The predicted molar refractivity (Wildman–Crippen MR) is 103 cm³/mol. The van der Waals surface area contributed by atoms with Gasteiger partial charge >= 0.3 is 0 Å². The van der Waals surface area contributed by atoms with Gasteiger partial charge in [-0.2, -0.15) is 0 Å². The molecular formula is C24H35F. The topological polar surface area (TPSA) is 0 Å². The second-order valence-corrected chi connectivity index (χ2v) is 9.24. The highest BCUT2D eigenvalue weighted by molar-refractivity contribution is 5.38. The standard InChI is InChI=1S/C24H35F/c1-3-16-5-7-19-15-21(9-8-18(19)13-16)23-12-10-20-14-17(4-2)6-11-22(20)24(23)25/h10,12,16-19,21H,3-9,11,13-15H2,1-2H3. The van der Waals surface area contributed by atoms with E-state index in [4.69, 9.17) is 0 Å². The summed E-state index contributed by atoms with van der Waals surface area (Å²) in [5, 5.41) is 0. The minimum atomic E-state index is 0.178. The minimum absolute atomic E-state index is 0.178. The molecule has 0 saturated heterocycles. The second-order valence-electron chi connectivity index (χ2n) is 9.24. The average Bonchev–Trinajstić information content (AvgIpc) is 2.67. The van der Waals surface area contributed by atoms with E-state index in [0.717, 1.165) is 47.6 Å². The van der Waals surface area contributed by atoms with E-state index < -0.39 is 0 Å². The SMILES string of the molecule is CCC1CCc2c(ccc(C3CCC4CC(CC)CCC4C3)c2F)C1. The van der Waals surface area contributed by atoms with Crippen LogP contribution in [-0.4, -0.2) is 0 Å². The monoisotopic (exact) mass is 342 g/mol. The third-order valence-electron chi connectivity index (χ3n) is 8.00. The lowest BCUT2D eigenvalue weighted by Gasteiger charge is -2.42. The fraction of sp³-hybridized carbons (Fsp3) is 0.750. The van der Waals surface area contributed by atoms with Crippen LogP contribution in [0.25, 0.3) is 0 Å². The van der Waals surface area contributed by atoms with E-state index in [2.05, 4.69) is 26.0 Å². The quantitative estimate of drug-likeness (QED) is 0.552. The zero-order valence-electron chi connectivity index (χ0n) is 16.2. The van der Waals surface area contributed by atoms with Gasteiger partial charge in [0.1, 0.15) is 5.82 Å². The number of hydrogen-bond acceptors (Lipinski definition) is 0. The zero-order chi connectivity index (χ0) is 17.4. The zero-order valence-corrected chi connectivity index (χ0v) is 16.2. The lowest BCUT2D eigenvalue weighted by Crippen LogP contribution is -2.30. The molecule has 0 amide bonds. The Labute approximate surface area is 153 Å². The first kappa shape index (κ1) is 17.6. The summed E-state index contributed by atoms with van der Waals surface area (Å²) in [4.78, 5) is 0. The van der Waals surface area contributed by atoms with Crippen LogP contribution in [0.3, 0.4) is 0 Å². The summed E-state index contributed by atoms with van der Waals surface area (Å²) in [6.45, 7) is 4.62. The molecule has 0 N–H and O–H groups in total. The Morgan fingerprint density at radius 1 is 0.880 bits per heavy atom. The van der Waals surface area contributed by atoms with Crippen LogP contribution in [0.5, 0.6) is 0 Å². The smallest absolute Gasteiger partial charge is 0.130 e. The fourth-order valence-electron chi connectivity index (χ4n) is 6.21. The number of hydrogen-bond donors (Lipinski definition) is 0.